The Labute approximate surface area is 209 Å². The summed E-state index contributed by atoms with van der Waals surface area (Å²) in [6, 6.07) is 15.2. The molecule has 6 nitrogen and oxygen atoms in total. The fraction of sp³-hybridized carbons (Fsp3) is 0.393. The Morgan fingerprint density at radius 1 is 1.06 bits per heavy atom. The van der Waals surface area contributed by atoms with Gasteiger partial charge in [-0.2, -0.15) is 0 Å². The Hall–Kier alpha value is -3.03. The average molecular weight is 493 g/mol. The molecule has 0 radical (unpaired) electrons. The molecule has 1 aromatic heterocycles. The molecule has 7 heteroatoms. The molecule has 0 aliphatic carbocycles. The predicted octanol–water partition coefficient (Wildman–Crippen LogP) is 5.93. The number of hydrogen-bond donors (Lipinski definition) is 0. The molecule has 186 valence electrons. The Morgan fingerprint density at radius 2 is 1.77 bits per heavy atom. The summed E-state index contributed by atoms with van der Waals surface area (Å²) in [5.41, 5.74) is 3.68. The number of esters is 1. The summed E-state index contributed by atoms with van der Waals surface area (Å²) in [6.07, 6.45) is 1.95. The summed E-state index contributed by atoms with van der Waals surface area (Å²) in [5, 5.41) is 1.06. The predicted molar refractivity (Wildman–Crippen MR) is 143 cm³/mol. The number of para-hydroxylation sites is 1. The lowest BCUT2D eigenvalue weighted by atomic mass is 10.0. The molecular formula is C28H36N2O4Si. The number of benzene rings is 2. The molecule has 3 rings (SSSR count). The molecule has 35 heavy (non-hydrogen) atoms. The lowest BCUT2D eigenvalue weighted by Gasteiger charge is -2.37. The third kappa shape index (κ3) is 6.16. The number of anilines is 1. The minimum absolute atomic E-state index is 0.0489. The van der Waals surface area contributed by atoms with Crippen LogP contribution in [0.25, 0.3) is 10.9 Å². The molecule has 0 aliphatic heterocycles. The molecule has 1 heterocycles. The van der Waals surface area contributed by atoms with Crippen molar-refractivity contribution < 1.29 is 18.8 Å². The Morgan fingerprint density at radius 3 is 2.43 bits per heavy atom. The lowest BCUT2D eigenvalue weighted by molar-refractivity contribution is -0.118. The number of amides is 1. The number of aryl methyl sites for hydroxylation is 1. The van der Waals surface area contributed by atoms with E-state index in [0.717, 1.165) is 27.7 Å². The van der Waals surface area contributed by atoms with Gasteiger partial charge in [-0.25, -0.2) is 4.79 Å². The maximum absolute atomic E-state index is 13.7. The zero-order valence-corrected chi connectivity index (χ0v) is 22.8. The number of aromatic nitrogens is 1. The van der Waals surface area contributed by atoms with Crippen LogP contribution in [0.1, 0.15) is 42.3 Å². The second kappa shape index (κ2) is 10.7. The highest BCUT2D eigenvalue weighted by Gasteiger charge is 2.37. The Bertz CT molecular complexity index is 1210. The van der Waals surface area contributed by atoms with Gasteiger partial charge in [0, 0.05) is 18.1 Å². The molecule has 0 atom stereocenters. The maximum atomic E-state index is 13.7. The number of carbonyl (C=O) groups is 2. The van der Waals surface area contributed by atoms with E-state index in [1.807, 2.05) is 49.4 Å². The van der Waals surface area contributed by atoms with Crippen molar-refractivity contribution in [3.8, 4) is 0 Å². The van der Waals surface area contributed by atoms with Gasteiger partial charge in [-0.1, -0.05) is 51.1 Å². The van der Waals surface area contributed by atoms with Gasteiger partial charge in [0.15, 0.2) is 8.32 Å². The van der Waals surface area contributed by atoms with Crippen LogP contribution in [0.3, 0.4) is 0 Å². The first-order valence-corrected chi connectivity index (χ1v) is 14.8. The van der Waals surface area contributed by atoms with Crippen LogP contribution in [0, 0.1) is 6.92 Å². The summed E-state index contributed by atoms with van der Waals surface area (Å²) in [6.45, 7) is 13.8. The highest BCUT2D eigenvalue weighted by atomic mass is 28.4. The third-order valence-electron chi connectivity index (χ3n) is 6.84. The van der Waals surface area contributed by atoms with Gasteiger partial charge >= 0.3 is 5.97 Å². The summed E-state index contributed by atoms with van der Waals surface area (Å²) in [4.78, 5) is 31.9. The standard InChI is InChI=1S/C28H36N2O4Si/c1-20-18-21(13-14-23(20)27(32)33-5)19-25(31)30(16-17-34-35(6,7)28(2,3)4)24-12-8-10-22-11-9-15-29-26(22)24/h8-15,18H,16-17,19H2,1-7H3. The van der Waals surface area contributed by atoms with E-state index in [9.17, 15) is 9.59 Å². The van der Waals surface area contributed by atoms with Crippen molar-refractivity contribution in [3.63, 3.8) is 0 Å². The fourth-order valence-electron chi connectivity index (χ4n) is 3.74. The van der Waals surface area contributed by atoms with Gasteiger partial charge in [0.25, 0.3) is 0 Å². The van der Waals surface area contributed by atoms with Gasteiger partial charge in [-0.3, -0.25) is 9.78 Å². The van der Waals surface area contributed by atoms with Gasteiger partial charge < -0.3 is 14.1 Å². The molecule has 0 saturated heterocycles. The van der Waals surface area contributed by atoms with Crippen molar-refractivity contribution in [2.45, 2.75) is 52.2 Å². The Balaban J connectivity index is 1.90. The molecule has 0 fully saturated rings. The molecular weight excluding hydrogens is 456 g/mol. The number of fused-ring (bicyclic) bond motifs is 1. The van der Waals surface area contributed by atoms with E-state index in [-0.39, 0.29) is 23.3 Å². The van der Waals surface area contributed by atoms with Crippen molar-refractivity contribution in [2.24, 2.45) is 0 Å². The van der Waals surface area contributed by atoms with Crippen LogP contribution < -0.4 is 4.90 Å². The zero-order valence-electron chi connectivity index (χ0n) is 21.8. The molecule has 0 unspecified atom stereocenters. The van der Waals surface area contributed by atoms with E-state index in [0.29, 0.717) is 18.7 Å². The molecule has 0 saturated carbocycles. The van der Waals surface area contributed by atoms with Crippen LogP contribution in [-0.2, 0) is 20.4 Å². The Kier molecular flexibility index (Phi) is 8.13. The highest BCUT2D eigenvalue weighted by molar-refractivity contribution is 6.74. The van der Waals surface area contributed by atoms with E-state index >= 15 is 0 Å². The van der Waals surface area contributed by atoms with E-state index in [2.05, 4.69) is 38.8 Å². The van der Waals surface area contributed by atoms with Gasteiger partial charge in [0.2, 0.25) is 5.91 Å². The van der Waals surface area contributed by atoms with E-state index in [1.54, 1.807) is 17.2 Å². The SMILES string of the molecule is COC(=O)c1ccc(CC(=O)N(CCO[Si](C)(C)C(C)(C)C)c2cccc3cccnc23)cc1C. The van der Waals surface area contributed by atoms with Crippen LogP contribution in [-0.4, -0.2) is 45.4 Å². The fourth-order valence-corrected chi connectivity index (χ4v) is 4.77. The normalized spacial score (nSPS) is 12.0. The molecule has 0 spiro atoms. The molecule has 0 bridgehead atoms. The van der Waals surface area contributed by atoms with E-state index in [1.165, 1.54) is 7.11 Å². The molecule has 0 aliphatic rings. The number of hydrogen-bond acceptors (Lipinski definition) is 5. The van der Waals surface area contributed by atoms with Crippen molar-refractivity contribution in [1.82, 2.24) is 4.98 Å². The van der Waals surface area contributed by atoms with Gasteiger partial charge in [-0.05, 0) is 54.4 Å². The lowest BCUT2D eigenvalue weighted by Crippen LogP contribution is -2.44. The second-order valence-electron chi connectivity index (χ2n) is 10.3. The largest absolute Gasteiger partial charge is 0.465 e. The first-order chi connectivity index (χ1) is 16.4. The van der Waals surface area contributed by atoms with Crippen LogP contribution in [0.4, 0.5) is 5.69 Å². The van der Waals surface area contributed by atoms with Crippen molar-refractivity contribution >= 4 is 36.8 Å². The van der Waals surface area contributed by atoms with Crippen molar-refractivity contribution in [3.05, 3.63) is 71.4 Å². The van der Waals surface area contributed by atoms with Crippen LogP contribution in [0.5, 0.6) is 0 Å². The van der Waals surface area contributed by atoms with E-state index in [4.69, 9.17) is 9.16 Å². The number of ether oxygens (including phenoxy) is 1. The van der Waals surface area contributed by atoms with Crippen LogP contribution >= 0.6 is 0 Å². The van der Waals surface area contributed by atoms with Crippen LogP contribution in [0.15, 0.2) is 54.7 Å². The van der Waals surface area contributed by atoms with Gasteiger partial charge in [0.05, 0.1) is 36.9 Å². The zero-order chi connectivity index (χ0) is 25.8. The molecule has 1 amide bonds. The number of rotatable bonds is 8. The highest BCUT2D eigenvalue weighted by Crippen LogP contribution is 2.36. The smallest absolute Gasteiger partial charge is 0.338 e. The van der Waals surface area contributed by atoms with Crippen molar-refractivity contribution in [2.75, 3.05) is 25.2 Å². The summed E-state index contributed by atoms with van der Waals surface area (Å²) < 4.78 is 11.2. The minimum Gasteiger partial charge on any atom is -0.465 e. The number of nitrogens with zero attached hydrogens (tertiary/aromatic N) is 2. The molecule has 0 N–H and O–H groups in total. The summed E-state index contributed by atoms with van der Waals surface area (Å²) in [5.74, 6) is -0.432. The number of pyridine rings is 1. The summed E-state index contributed by atoms with van der Waals surface area (Å²) >= 11 is 0. The number of carbonyl (C=O) groups excluding carboxylic acids is 2. The molecule has 2 aromatic carbocycles. The monoisotopic (exact) mass is 492 g/mol. The number of methoxy groups -OCH3 is 1. The van der Waals surface area contributed by atoms with E-state index < -0.39 is 8.32 Å². The average Bonchev–Trinajstić information content (AvgIpc) is 2.80. The quantitative estimate of drug-likeness (QED) is 0.288. The molecule has 3 aromatic rings. The topological polar surface area (TPSA) is 68.7 Å². The summed E-state index contributed by atoms with van der Waals surface area (Å²) in [7, 11) is -0.599. The third-order valence-corrected chi connectivity index (χ3v) is 11.4. The second-order valence-corrected chi connectivity index (χ2v) is 15.1. The first-order valence-electron chi connectivity index (χ1n) is 11.9. The minimum atomic E-state index is -1.96. The van der Waals surface area contributed by atoms with Crippen molar-refractivity contribution in [1.29, 1.82) is 0 Å². The maximum Gasteiger partial charge on any atom is 0.338 e. The first kappa shape index (κ1) is 26.6. The van der Waals surface area contributed by atoms with Gasteiger partial charge in [0.1, 0.15) is 0 Å². The van der Waals surface area contributed by atoms with Gasteiger partial charge in [-0.15, -0.1) is 0 Å². The van der Waals surface area contributed by atoms with Crippen LogP contribution in [0.2, 0.25) is 18.1 Å².